The van der Waals surface area contributed by atoms with E-state index in [9.17, 15) is 0 Å². The van der Waals surface area contributed by atoms with E-state index in [1.807, 2.05) is 31.3 Å². The van der Waals surface area contributed by atoms with Crippen LogP contribution in [0.2, 0.25) is 0 Å². The number of hydrogen-bond acceptors (Lipinski definition) is 3. The molecule has 1 heterocycles. The lowest BCUT2D eigenvalue weighted by Gasteiger charge is -2.15. The normalized spacial score (nSPS) is 22.0. The van der Waals surface area contributed by atoms with Crippen LogP contribution in [-0.4, -0.2) is 35.9 Å². The van der Waals surface area contributed by atoms with Gasteiger partial charge in [-0.3, -0.25) is 0 Å². The van der Waals surface area contributed by atoms with Crippen molar-refractivity contribution in [1.29, 1.82) is 0 Å². The van der Waals surface area contributed by atoms with Crippen LogP contribution in [-0.2, 0) is 0 Å². The second-order valence-corrected chi connectivity index (χ2v) is 6.71. The maximum absolute atomic E-state index is 6.04. The van der Waals surface area contributed by atoms with Crippen molar-refractivity contribution in [2.45, 2.75) is 46.1 Å². The van der Waals surface area contributed by atoms with Gasteiger partial charge < -0.3 is 9.64 Å². The van der Waals surface area contributed by atoms with Crippen LogP contribution >= 0.6 is 15.9 Å². The molecule has 116 valence electrons. The van der Waals surface area contributed by atoms with Gasteiger partial charge in [0.2, 0.25) is 5.88 Å². The molecule has 1 fully saturated rings. The number of hydrogen-bond donors (Lipinski definition) is 0. The smallest absolute Gasteiger partial charge is 0.228 e. The highest BCUT2D eigenvalue weighted by Crippen LogP contribution is 2.34. The molecule has 0 aromatic carbocycles. The highest BCUT2D eigenvalue weighted by molar-refractivity contribution is 9.10. The Morgan fingerprint density at radius 2 is 2.29 bits per heavy atom. The van der Waals surface area contributed by atoms with Gasteiger partial charge in [0.05, 0.1) is 22.2 Å². The maximum Gasteiger partial charge on any atom is 0.228 e. The second kappa shape index (κ2) is 7.25. The molecule has 1 aliphatic rings. The predicted octanol–water partition coefficient (Wildman–Crippen LogP) is 4.33. The summed E-state index contributed by atoms with van der Waals surface area (Å²) in [6.07, 6.45) is 5.61. The molecule has 5 heteroatoms. The Hall–Kier alpha value is -1.10. The van der Waals surface area contributed by atoms with E-state index in [0.29, 0.717) is 12.0 Å². The van der Waals surface area contributed by atoms with Crippen molar-refractivity contribution in [1.82, 2.24) is 9.88 Å². The summed E-state index contributed by atoms with van der Waals surface area (Å²) >= 11 is 3.55. The first kappa shape index (κ1) is 16.3. The van der Waals surface area contributed by atoms with Gasteiger partial charge in [0.25, 0.3) is 0 Å². The monoisotopic (exact) mass is 353 g/mol. The van der Waals surface area contributed by atoms with Gasteiger partial charge in [0.15, 0.2) is 0 Å². The third-order valence-electron chi connectivity index (χ3n) is 3.93. The molecule has 1 aromatic heterocycles. The van der Waals surface area contributed by atoms with Gasteiger partial charge in [0.1, 0.15) is 6.10 Å². The van der Waals surface area contributed by atoms with Crippen molar-refractivity contribution in [2.75, 3.05) is 13.6 Å². The molecular formula is C16H24BrN3O. The molecule has 1 saturated carbocycles. The van der Waals surface area contributed by atoms with E-state index < -0.39 is 0 Å². The Kier molecular flexibility index (Phi) is 5.62. The number of ether oxygens (including phenoxy) is 1. The molecule has 2 rings (SSSR count). The quantitative estimate of drug-likeness (QED) is 0.583. The Morgan fingerprint density at radius 3 is 2.90 bits per heavy atom. The number of rotatable bonds is 5. The first-order valence-corrected chi connectivity index (χ1v) is 8.37. The molecule has 0 spiro atoms. The van der Waals surface area contributed by atoms with E-state index in [1.165, 1.54) is 6.42 Å². The Morgan fingerprint density at radius 1 is 1.52 bits per heavy atom. The molecular weight excluding hydrogens is 330 g/mol. The summed E-state index contributed by atoms with van der Waals surface area (Å²) in [7, 11) is 2.00. The fraction of sp³-hybridized carbons (Fsp3) is 0.625. The van der Waals surface area contributed by atoms with Crippen LogP contribution in [0.4, 0.5) is 5.69 Å². The van der Waals surface area contributed by atoms with Crippen molar-refractivity contribution in [3.63, 3.8) is 0 Å². The Bertz CT molecular complexity index is 518. The van der Waals surface area contributed by atoms with Gasteiger partial charge >= 0.3 is 0 Å². The Labute approximate surface area is 135 Å². The minimum atomic E-state index is 0.295. The molecule has 0 unspecified atom stereocenters. The van der Waals surface area contributed by atoms with Crippen molar-refractivity contribution < 1.29 is 4.74 Å². The van der Waals surface area contributed by atoms with Crippen LogP contribution in [0.5, 0.6) is 5.88 Å². The molecule has 0 radical (unpaired) electrons. The SMILES string of the molecule is CCN(C)/C=N/c1cc(Br)c(O[C@H]2CC[C@H](C)C2)nc1C. The van der Waals surface area contributed by atoms with Crippen LogP contribution in [0, 0.1) is 12.8 Å². The largest absolute Gasteiger partial charge is 0.474 e. The van der Waals surface area contributed by atoms with Crippen LogP contribution in [0.15, 0.2) is 15.5 Å². The molecule has 0 amide bonds. The summed E-state index contributed by atoms with van der Waals surface area (Å²) in [5.74, 6) is 1.44. The topological polar surface area (TPSA) is 37.7 Å². The van der Waals surface area contributed by atoms with Gasteiger partial charge in [-0.15, -0.1) is 0 Å². The van der Waals surface area contributed by atoms with E-state index in [4.69, 9.17) is 4.74 Å². The van der Waals surface area contributed by atoms with Crippen LogP contribution < -0.4 is 4.74 Å². The summed E-state index contributed by atoms with van der Waals surface area (Å²) in [5.41, 5.74) is 1.76. The first-order valence-electron chi connectivity index (χ1n) is 7.57. The lowest BCUT2D eigenvalue weighted by Crippen LogP contribution is -2.14. The Balaban J connectivity index is 2.11. The molecule has 0 N–H and O–H groups in total. The van der Waals surface area contributed by atoms with E-state index >= 15 is 0 Å². The van der Waals surface area contributed by atoms with Gasteiger partial charge in [-0.2, -0.15) is 0 Å². The summed E-state index contributed by atoms with van der Waals surface area (Å²) in [4.78, 5) is 11.1. The number of aryl methyl sites for hydroxylation is 1. The molecule has 2 atom stereocenters. The summed E-state index contributed by atoms with van der Waals surface area (Å²) in [6.45, 7) is 7.26. The van der Waals surface area contributed by atoms with E-state index in [-0.39, 0.29) is 0 Å². The highest BCUT2D eigenvalue weighted by Gasteiger charge is 2.24. The van der Waals surface area contributed by atoms with Gasteiger partial charge in [-0.25, -0.2) is 9.98 Å². The van der Waals surface area contributed by atoms with E-state index in [1.54, 1.807) is 0 Å². The van der Waals surface area contributed by atoms with Gasteiger partial charge in [0, 0.05) is 13.6 Å². The van der Waals surface area contributed by atoms with Crippen LogP contribution in [0.3, 0.4) is 0 Å². The molecule has 1 aliphatic carbocycles. The molecule has 0 bridgehead atoms. The minimum absolute atomic E-state index is 0.295. The van der Waals surface area contributed by atoms with Crippen LogP contribution in [0.1, 0.15) is 38.8 Å². The molecule has 4 nitrogen and oxygen atoms in total. The molecule has 0 aliphatic heterocycles. The zero-order valence-electron chi connectivity index (χ0n) is 13.3. The minimum Gasteiger partial charge on any atom is -0.474 e. The molecule has 21 heavy (non-hydrogen) atoms. The van der Waals surface area contributed by atoms with Gasteiger partial charge in [-0.05, 0) is 61.0 Å². The summed E-state index contributed by atoms with van der Waals surface area (Å²) < 4.78 is 6.91. The van der Waals surface area contributed by atoms with Crippen molar-refractivity contribution >= 4 is 28.0 Å². The highest BCUT2D eigenvalue weighted by atomic mass is 79.9. The standard InChI is InChI=1S/C16H24BrN3O/c1-5-20(4)10-18-15-9-14(17)16(19-12(15)3)21-13-7-6-11(2)8-13/h9-11,13H,5-8H2,1-4H3/b18-10+/t11-,13-/m0/s1. The molecule has 0 saturated heterocycles. The second-order valence-electron chi connectivity index (χ2n) is 5.86. The van der Waals surface area contributed by atoms with Crippen LogP contribution in [0.25, 0.3) is 0 Å². The van der Waals surface area contributed by atoms with Crippen molar-refractivity contribution in [2.24, 2.45) is 10.9 Å². The predicted molar refractivity (Wildman–Crippen MR) is 90.6 cm³/mol. The lowest BCUT2D eigenvalue weighted by atomic mass is 10.1. The first-order chi connectivity index (χ1) is 9.99. The van der Waals surface area contributed by atoms with Crippen molar-refractivity contribution in [3.8, 4) is 5.88 Å². The fourth-order valence-corrected chi connectivity index (χ4v) is 2.82. The third kappa shape index (κ3) is 4.43. The number of pyridine rings is 1. The van der Waals surface area contributed by atoms with Gasteiger partial charge in [-0.1, -0.05) is 6.92 Å². The lowest BCUT2D eigenvalue weighted by molar-refractivity contribution is 0.195. The summed E-state index contributed by atoms with van der Waals surface area (Å²) in [5, 5.41) is 0. The maximum atomic E-state index is 6.04. The average Bonchev–Trinajstić information content (AvgIpc) is 2.86. The fourth-order valence-electron chi connectivity index (χ4n) is 2.42. The zero-order valence-corrected chi connectivity index (χ0v) is 14.9. The van der Waals surface area contributed by atoms with E-state index in [0.717, 1.165) is 41.2 Å². The molecule has 1 aromatic rings. The average molecular weight is 354 g/mol. The third-order valence-corrected chi connectivity index (χ3v) is 4.49. The summed E-state index contributed by atoms with van der Waals surface area (Å²) in [6, 6.07) is 1.98. The number of aliphatic imine (C=N–C) groups is 1. The number of halogens is 1. The van der Waals surface area contributed by atoms with Crippen molar-refractivity contribution in [3.05, 3.63) is 16.2 Å². The zero-order chi connectivity index (χ0) is 15.4. The number of aromatic nitrogens is 1. The number of nitrogens with zero attached hydrogens (tertiary/aromatic N) is 3. The van der Waals surface area contributed by atoms with E-state index in [2.05, 4.69) is 39.8 Å².